The van der Waals surface area contributed by atoms with E-state index in [0.717, 1.165) is 0 Å². The summed E-state index contributed by atoms with van der Waals surface area (Å²) in [6, 6.07) is -0.909. The third kappa shape index (κ3) is 1.46. The number of nitrogens with zero attached hydrogens (tertiary/aromatic N) is 2. The second kappa shape index (κ2) is 3.68. The van der Waals surface area contributed by atoms with Crippen LogP contribution >= 0.6 is 11.6 Å². The number of rotatable bonds is 1. The lowest BCUT2D eigenvalue weighted by Crippen LogP contribution is -2.55. The van der Waals surface area contributed by atoms with Crippen molar-refractivity contribution in [3.8, 4) is 0 Å². The van der Waals surface area contributed by atoms with Gasteiger partial charge in [-0.3, -0.25) is 4.68 Å². The minimum atomic E-state index is -0.748. The van der Waals surface area contributed by atoms with E-state index in [1.54, 1.807) is 10.9 Å². The van der Waals surface area contributed by atoms with E-state index in [1.165, 1.54) is 6.20 Å². The molecule has 0 saturated carbocycles. The summed E-state index contributed by atoms with van der Waals surface area (Å²) in [5.74, 6) is 0. The Morgan fingerprint density at radius 1 is 1.62 bits per heavy atom. The first kappa shape index (κ1) is 10.5. The van der Waals surface area contributed by atoms with Crippen molar-refractivity contribution < 1.29 is 14.6 Å². The number of halogens is 1. The monoisotopic (exact) mass is 245 g/mol. The number of aliphatic hydroxyl groups excluding tert-OH is 1. The van der Waals surface area contributed by atoms with Crippen LogP contribution in [0.3, 0.4) is 0 Å². The smallest absolute Gasteiger partial charge is 0.183 e. The first-order valence-corrected chi connectivity index (χ1v) is 5.45. The third-order valence-electron chi connectivity index (χ3n) is 3.06. The lowest BCUT2D eigenvalue weighted by Gasteiger charge is -2.36. The molecule has 0 amide bonds. The first-order valence-electron chi connectivity index (χ1n) is 5.07. The van der Waals surface area contributed by atoms with Gasteiger partial charge in [0.25, 0.3) is 0 Å². The molecular formula is C9H12ClN3O3. The largest absolute Gasteiger partial charge is 0.389 e. The molecule has 3 N–H and O–H groups in total. The molecule has 3 heterocycles. The lowest BCUT2D eigenvalue weighted by atomic mass is 9.97. The van der Waals surface area contributed by atoms with Gasteiger partial charge in [0, 0.05) is 6.20 Å². The molecule has 2 bridgehead atoms. The highest BCUT2D eigenvalue weighted by atomic mass is 35.5. The molecule has 88 valence electrons. The second-order valence-corrected chi connectivity index (χ2v) is 4.51. The predicted octanol–water partition coefficient (Wildman–Crippen LogP) is -0.479. The Bertz CT molecular complexity index is 399. The van der Waals surface area contributed by atoms with E-state index in [4.69, 9.17) is 26.8 Å². The van der Waals surface area contributed by atoms with Crippen LogP contribution in [0, 0.1) is 0 Å². The molecule has 3 rings (SSSR count). The predicted molar refractivity (Wildman–Crippen MR) is 54.9 cm³/mol. The summed E-state index contributed by atoms with van der Waals surface area (Å²) in [6.45, 7) is 0.411. The number of aliphatic hydroxyl groups is 1. The Morgan fingerprint density at radius 2 is 2.44 bits per heavy atom. The Hall–Kier alpha value is -0.660. The molecular weight excluding hydrogens is 234 g/mol. The van der Waals surface area contributed by atoms with Crippen LogP contribution < -0.4 is 5.73 Å². The van der Waals surface area contributed by atoms with Gasteiger partial charge < -0.3 is 20.3 Å². The molecule has 5 atom stereocenters. The van der Waals surface area contributed by atoms with E-state index in [2.05, 4.69) is 5.10 Å². The molecule has 1 aromatic heterocycles. The van der Waals surface area contributed by atoms with Crippen molar-refractivity contribution in [2.75, 3.05) is 6.61 Å². The van der Waals surface area contributed by atoms with Gasteiger partial charge in [-0.05, 0) is 0 Å². The maximum Gasteiger partial charge on any atom is 0.183 e. The fourth-order valence-corrected chi connectivity index (χ4v) is 2.33. The van der Waals surface area contributed by atoms with Crippen LogP contribution in [0.15, 0.2) is 12.4 Å². The maximum absolute atomic E-state index is 10.1. The highest BCUT2D eigenvalue weighted by Gasteiger charge is 2.49. The van der Waals surface area contributed by atoms with Crippen molar-refractivity contribution in [2.24, 2.45) is 5.73 Å². The molecule has 7 heteroatoms. The van der Waals surface area contributed by atoms with Crippen LogP contribution in [0.5, 0.6) is 0 Å². The highest BCUT2D eigenvalue weighted by Crippen LogP contribution is 2.34. The van der Waals surface area contributed by atoms with Crippen LogP contribution in [-0.4, -0.2) is 46.0 Å². The Kier molecular flexibility index (Phi) is 2.41. The number of fused-ring (bicyclic) bond motifs is 2. The molecule has 2 aliphatic rings. The van der Waals surface area contributed by atoms with E-state index in [0.29, 0.717) is 11.6 Å². The van der Waals surface area contributed by atoms with Crippen molar-refractivity contribution in [3.05, 3.63) is 17.4 Å². The van der Waals surface area contributed by atoms with E-state index in [9.17, 15) is 5.11 Å². The molecule has 0 radical (unpaired) electrons. The Balaban J connectivity index is 1.93. The standard InChI is InChI=1S/C9H12ClN3O3/c10-4-1-12-13(2-4)7-8(14)6(11)5-3-15-9(7)16-5/h1-2,5-9,14H,3,11H2/t5-,6-,7-,8+,9-/m1/s1. The Labute approximate surface area is 96.9 Å². The molecule has 6 nitrogen and oxygen atoms in total. The van der Waals surface area contributed by atoms with Gasteiger partial charge in [-0.15, -0.1) is 0 Å². The van der Waals surface area contributed by atoms with E-state index < -0.39 is 24.5 Å². The van der Waals surface area contributed by atoms with Crippen molar-refractivity contribution >= 4 is 11.6 Å². The molecule has 2 saturated heterocycles. The van der Waals surface area contributed by atoms with Crippen molar-refractivity contribution in [2.45, 2.75) is 30.6 Å². The number of hydrogen-bond acceptors (Lipinski definition) is 5. The first-order chi connectivity index (χ1) is 7.66. The van der Waals surface area contributed by atoms with E-state index in [1.807, 2.05) is 0 Å². The molecule has 16 heavy (non-hydrogen) atoms. The molecule has 0 unspecified atom stereocenters. The molecule has 2 aliphatic heterocycles. The summed E-state index contributed by atoms with van der Waals surface area (Å²) in [5.41, 5.74) is 5.87. The van der Waals surface area contributed by atoms with Gasteiger partial charge in [-0.25, -0.2) is 0 Å². The van der Waals surface area contributed by atoms with Gasteiger partial charge >= 0.3 is 0 Å². The van der Waals surface area contributed by atoms with Crippen LogP contribution in [0.2, 0.25) is 5.02 Å². The molecule has 0 aliphatic carbocycles. The SMILES string of the molecule is N[C@H]1[C@H](O)[C@@H](n2cc(Cl)cn2)[C@@H]2OC[C@H]1O2. The number of nitrogens with two attached hydrogens (primary N) is 1. The van der Waals surface area contributed by atoms with Gasteiger partial charge in [-0.1, -0.05) is 11.6 Å². The number of ether oxygens (including phenoxy) is 2. The topological polar surface area (TPSA) is 82.5 Å². The molecule has 1 aromatic rings. The lowest BCUT2D eigenvalue weighted by molar-refractivity contribution is -0.163. The van der Waals surface area contributed by atoms with Crippen molar-refractivity contribution in [1.29, 1.82) is 0 Å². The molecule has 0 aromatic carbocycles. The molecule has 2 fully saturated rings. The zero-order valence-corrected chi connectivity index (χ0v) is 9.12. The van der Waals surface area contributed by atoms with Crippen LogP contribution in [0.1, 0.15) is 6.04 Å². The fourth-order valence-electron chi connectivity index (χ4n) is 2.19. The summed E-state index contributed by atoms with van der Waals surface area (Å²) in [7, 11) is 0. The zero-order chi connectivity index (χ0) is 11.3. The third-order valence-corrected chi connectivity index (χ3v) is 3.26. The summed E-state index contributed by atoms with van der Waals surface area (Å²) >= 11 is 5.79. The van der Waals surface area contributed by atoms with Gasteiger partial charge in [0.15, 0.2) is 6.29 Å². The summed E-state index contributed by atoms with van der Waals surface area (Å²) in [6.07, 6.45) is 1.63. The molecule has 0 spiro atoms. The number of hydrogen-bond donors (Lipinski definition) is 2. The summed E-state index contributed by atoms with van der Waals surface area (Å²) in [5, 5.41) is 14.6. The van der Waals surface area contributed by atoms with Gasteiger partial charge in [0.05, 0.1) is 30.0 Å². The van der Waals surface area contributed by atoms with Crippen LogP contribution in [0.25, 0.3) is 0 Å². The summed E-state index contributed by atoms with van der Waals surface area (Å²) < 4.78 is 12.5. The second-order valence-electron chi connectivity index (χ2n) is 4.07. The van der Waals surface area contributed by atoms with Crippen molar-refractivity contribution in [3.63, 3.8) is 0 Å². The fraction of sp³-hybridized carbons (Fsp3) is 0.667. The highest BCUT2D eigenvalue weighted by molar-refractivity contribution is 6.30. The van der Waals surface area contributed by atoms with E-state index in [-0.39, 0.29) is 6.10 Å². The van der Waals surface area contributed by atoms with Crippen LogP contribution in [0.4, 0.5) is 0 Å². The van der Waals surface area contributed by atoms with Gasteiger partial charge in [-0.2, -0.15) is 5.10 Å². The normalized spacial score (nSPS) is 42.6. The zero-order valence-electron chi connectivity index (χ0n) is 8.36. The number of aromatic nitrogens is 2. The van der Waals surface area contributed by atoms with Gasteiger partial charge in [0.1, 0.15) is 12.1 Å². The average molecular weight is 246 g/mol. The minimum absolute atomic E-state index is 0.234. The minimum Gasteiger partial charge on any atom is -0.389 e. The van der Waals surface area contributed by atoms with Crippen molar-refractivity contribution in [1.82, 2.24) is 9.78 Å². The maximum atomic E-state index is 10.1. The van der Waals surface area contributed by atoms with Crippen LogP contribution in [-0.2, 0) is 9.47 Å². The average Bonchev–Trinajstić information content (AvgIpc) is 2.85. The van der Waals surface area contributed by atoms with E-state index >= 15 is 0 Å². The summed E-state index contributed by atoms with van der Waals surface area (Å²) in [4.78, 5) is 0. The quantitative estimate of drug-likeness (QED) is 0.699. The van der Waals surface area contributed by atoms with Gasteiger partial charge in [0.2, 0.25) is 0 Å². The Morgan fingerprint density at radius 3 is 3.12 bits per heavy atom.